The smallest absolute Gasteiger partial charge is 0.251 e. The molecule has 0 unspecified atom stereocenters. The lowest BCUT2D eigenvalue weighted by Crippen LogP contribution is -2.23. The van der Waals surface area contributed by atoms with Crippen molar-refractivity contribution in [2.24, 2.45) is 7.05 Å². The Morgan fingerprint density at radius 3 is 2.67 bits per heavy atom. The highest BCUT2D eigenvalue weighted by Gasteiger charge is 2.12. The predicted octanol–water partition coefficient (Wildman–Crippen LogP) is 1.56. The Labute approximate surface area is 123 Å². The van der Waals surface area contributed by atoms with Gasteiger partial charge in [0.1, 0.15) is 5.75 Å². The minimum Gasteiger partial charge on any atom is -0.497 e. The van der Waals surface area contributed by atoms with E-state index in [4.69, 9.17) is 10.5 Å². The molecule has 112 valence electrons. The van der Waals surface area contributed by atoms with E-state index in [1.807, 2.05) is 20.9 Å². The van der Waals surface area contributed by atoms with E-state index in [9.17, 15) is 4.79 Å². The summed E-state index contributed by atoms with van der Waals surface area (Å²) in [6.07, 6.45) is 0. The lowest BCUT2D eigenvalue weighted by molar-refractivity contribution is 0.0950. The molecule has 6 heteroatoms. The van der Waals surface area contributed by atoms with Crippen LogP contribution in [0.25, 0.3) is 0 Å². The van der Waals surface area contributed by atoms with E-state index in [-0.39, 0.29) is 5.91 Å². The first-order valence-corrected chi connectivity index (χ1v) is 6.64. The van der Waals surface area contributed by atoms with Crippen LogP contribution < -0.4 is 15.8 Å². The number of amides is 1. The van der Waals surface area contributed by atoms with Crippen LogP contribution in [0.15, 0.2) is 18.2 Å². The number of nitrogens with two attached hydrogens (primary N) is 1. The molecule has 1 aromatic heterocycles. The molecule has 1 heterocycles. The number of aromatic nitrogens is 2. The Kier molecular flexibility index (Phi) is 4.16. The summed E-state index contributed by atoms with van der Waals surface area (Å²) in [5.41, 5.74) is 9.72. The number of carbonyl (C=O) groups excluding carboxylic acids is 1. The lowest BCUT2D eigenvalue weighted by Gasteiger charge is -2.08. The third kappa shape index (κ3) is 3.16. The fourth-order valence-electron chi connectivity index (χ4n) is 2.22. The van der Waals surface area contributed by atoms with Crippen molar-refractivity contribution in [3.05, 3.63) is 40.7 Å². The van der Waals surface area contributed by atoms with Crippen LogP contribution >= 0.6 is 0 Å². The second kappa shape index (κ2) is 5.87. The Bertz CT molecular complexity index is 677. The number of hydrogen-bond donors (Lipinski definition) is 2. The summed E-state index contributed by atoms with van der Waals surface area (Å²) in [7, 11) is 3.43. The van der Waals surface area contributed by atoms with E-state index < -0.39 is 0 Å². The van der Waals surface area contributed by atoms with Crippen LogP contribution in [0.4, 0.5) is 5.69 Å². The summed E-state index contributed by atoms with van der Waals surface area (Å²) in [6.45, 7) is 4.34. The maximum absolute atomic E-state index is 12.2. The summed E-state index contributed by atoms with van der Waals surface area (Å²) < 4.78 is 6.92. The molecular weight excluding hydrogens is 268 g/mol. The van der Waals surface area contributed by atoms with Crippen LogP contribution in [0.2, 0.25) is 0 Å². The average Bonchev–Trinajstić information content (AvgIpc) is 2.69. The van der Waals surface area contributed by atoms with Gasteiger partial charge in [-0.25, -0.2) is 0 Å². The minimum atomic E-state index is -0.191. The van der Waals surface area contributed by atoms with Crippen molar-refractivity contribution < 1.29 is 9.53 Å². The van der Waals surface area contributed by atoms with Crippen molar-refractivity contribution in [2.75, 3.05) is 12.8 Å². The minimum absolute atomic E-state index is 0.191. The molecule has 0 spiro atoms. The van der Waals surface area contributed by atoms with Gasteiger partial charge in [0.2, 0.25) is 0 Å². The number of benzene rings is 1. The van der Waals surface area contributed by atoms with Crippen molar-refractivity contribution in [1.29, 1.82) is 0 Å². The van der Waals surface area contributed by atoms with Gasteiger partial charge in [-0.15, -0.1) is 0 Å². The van der Waals surface area contributed by atoms with Crippen molar-refractivity contribution in [3.63, 3.8) is 0 Å². The zero-order chi connectivity index (χ0) is 15.6. The van der Waals surface area contributed by atoms with Crippen LogP contribution in [0.1, 0.15) is 27.3 Å². The third-order valence-corrected chi connectivity index (χ3v) is 3.51. The quantitative estimate of drug-likeness (QED) is 0.836. The Morgan fingerprint density at radius 2 is 2.10 bits per heavy atom. The second-order valence-corrected chi connectivity index (χ2v) is 4.95. The zero-order valence-electron chi connectivity index (χ0n) is 12.7. The highest BCUT2D eigenvalue weighted by atomic mass is 16.5. The van der Waals surface area contributed by atoms with Crippen LogP contribution in [0.3, 0.4) is 0 Å². The van der Waals surface area contributed by atoms with Crippen molar-refractivity contribution in [3.8, 4) is 5.75 Å². The molecule has 21 heavy (non-hydrogen) atoms. The monoisotopic (exact) mass is 288 g/mol. The molecule has 1 aromatic carbocycles. The van der Waals surface area contributed by atoms with Crippen molar-refractivity contribution in [2.45, 2.75) is 20.4 Å². The van der Waals surface area contributed by atoms with Gasteiger partial charge in [0, 0.05) is 42.2 Å². The zero-order valence-corrected chi connectivity index (χ0v) is 12.7. The maximum atomic E-state index is 12.2. The van der Waals surface area contributed by atoms with E-state index in [1.54, 1.807) is 30.0 Å². The first kappa shape index (κ1) is 14.9. The highest BCUT2D eigenvalue weighted by molar-refractivity contribution is 5.95. The first-order valence-electron chi connectivity index (χ1n) is 6.64. The summed E-state index contributed by atoms with van der Waals surface area (Å²) in [5.74, 6) is 0.372. The number of nitrogen functional groups attached to an aromatic ring is 1. The SMILES string of the molecule is COc1cc(N)cc(C(=O)NCc2c(C)nn(C)c2C)c1. The molecule has 2 rings (SSSR count). The van der Waals surface area contributed by atoms with Gasteiger partial charge in [-0.05, 0) is 26.0 Å². The van der Waals surface area contributed by atoms with Gasteiger partial charge in [-0.1, -0.05) is 0 Å². The molecule has 0 aliphatic rings. The Hall–Kier alpha value is -2.50. The summed E-state index contributed by atoms with van der Waals surface area (Å²) in [4.78, 5) is 12.2. The lowest BCUT2D eigenvalue weighted by atomic mass is 10.1. The number of anilines is 1. The molecule has 0 aliphatic heterocycles. The number of rotatable bonds is 4. The summed E-state index contributed by atoms with van der Waals surface area (Å²) in [6, 6.07) is 4.96. The van der Waals surface area contributed by atoms with E-state index in [2.05, 4.69) is 10.4 Å². The maximum Gasteiger partial charge on any atom is 0.251 e. The topological polar surface area (TPSA) is 82.2 Å². The molecular formula is C15H20N4O2. The number of nitrogens with zero attached hydrogens (tertiary/aromatic N) is 2. The number of hydrogen-bond acceptors (Lipinski definition) is 4. The Balaban J connectivity index is 2.13. The van der Waals surface area contributed by atoms with Gasteiger partial charge in [-0.2, -0.15) is 5.10 Å². The van der Waals surface area contributed by atoms with Crippen molar-refractivity contribution in [1.82, 2.24) is 15.1 Å². The van der Waals surface area contributed by atoms with Gasteiger partial charge in [0.15, 0.2) is 0 Å². The second-order valence-electron chi connectivity index (χ2n) is 4.95. The largest absolute Gasteiger partial charge is 0.497 e. The average molecular weight is 288 g/mol. The summed E-state index contributed by atoms with van der Waals surface area (Å²) >= 11 is 0. The molecule has 0 saturated heterocycles. The number of methoxy groups -OCH3 is 1. The fourth-order valence-corrected chi connectivity index (χ4v) is 2.22. The number of ether oxygens (including phenoxy) is 1. The normalized spacial score (nSPS) is 10.5. The van der Waals surface area contributed by atoms with Crippen molar-refractivity contribution >= 4 is 11.6 Å². The molecule has 0 radical (unpaired) electrons. The fraction of sp³-hybridized carbons (Fsp3) is 0.333. The molecule has 3 N–H and O–H groups in total. The van der Waals surface area contributed by atoms with Gasteiger partial charge in [0.25, 0.3) is 5.91 Å². The van der Waals surface area contributed by atoms with E-state index in [0.29, 0.717) is 23.5 Å². The first-order chi connectivity index (χ1) is 9.92. The third-order valence-electron chi connectivity index (χ3n) is 3.51. The van der Waals surface area contributed by atoms with Crippen LogP contribution in [0, 0.1) is 13.8 Å². The molecule has 0 fully saturated rings. The Morgan fingerprint density at radius 1 is 1.38 bits per heavy atom. The van der Waals surface area contributed by atoms with Crippen LogP contribution in [-0.4, -0.2) is 22.8 Å². The van der Waals surface area contributed by atoms with Gasteiger partial charge in [0.05, 0.1) is 12.8 Å². The molecule has 0 aliphatic carbocycles. The van der Waals surface area contributed by atoms with Gasteiger partial charge in [-0.3, -0.25) is 9.48 Å². The van der Waals surface area contributed by atoms with E-state index in [0.717, 1.165) is 17.0 Å². The summed E-state index contributed by atoms with van der Waals surface area (Å²) in [5, 5.41) is 7.21. The molecule has 0 saturated carbocycles. The predicted molar refractivity (Wildman–Crippen MR) is 81.3 cm³/mol. The molecule has 0 bridgehead atoms. The standard InChI is InChI=1S/C15H20N4O2/c1-9-14(10(2)19(3)18-9)8-17-15(20)11-5-12(16)7-13(6-11)21-4/h5-7H,8,16H2,1-4H3,(H,17,20). The molecule has 1 amide bonds. The van der Waals surface area contributed by atoms with Crippen LogP contribution in [0.5, 0.6) is 5.75 Å². The number of nitrogens with one attached hydrogen (secondary N) is 1. The van der Waals surface area contributed by atoms with Gasteiger partial charge < -0.3 is 15.8 Å². The number of aryl methyl sites for hydroxylation is 2. The number of carbonyl (C=O) groups is 1. The van der Waals surface area contributed by atoms with E-state index >= 15 is 0 Å². The molecule has 0 atom stereocenters. The molecule has 2 aromatic rings. The van der Waals surface area contributed by atoms with Gasteiger partial charge >= 0.3 is 0 Å². The van der Waals surface area contributed by atoms with E-state index in [1.165, 1.54) is 0 Å². The van der Waals surface area contributed by atoms with Crippen LogP contribution in [-0.2, 0) is 13.6 Å². The highest BCUT2D eigenvalue weighted by Crippen LogP contribution is 2.19. The molecule has 6 nitrogen and oxygen atoms in total.